The van der Waals surface area contributed by atoms with Gasteiger partial charge in [-0.3, -0.25) is 14.6 Å². The van der Waals surface area contributed by atoms with Gasteiger partial charge in [-0.25, -0.2) is 5.43 Å². The maximum atomic E-state index is 11.6. The van der Waals surface area contributed by atoms with Crippen LogP contribution in [0, 0.1) is 0 Å². The fraction of sp³-hybridized carbons (Fsp3) is 0.0769. The van der Waals surface area contributed by atoms with Gasteiger partial charge in [-0.15, -0.1) is 11.3 Å². The fourth-order valence-corrected chi connectivity index (χ4v) is 1.92. The van der Waals surface area contributed by atoms with E-state index in [9.17, 15) is 9.59 Å². The van der Waals surface area contributed by atoms with Gasteiger partial charge in [-0.2, -0.15) is 5.10 Å². The van der Waals surface area contributed by atoms with Crippen LogP contribution in [0.4, 0.5) is 0 Å². The number of thiophene rings is 1. The number of amides is 2. The zero-order valence-electron chi connectivity index (χ0n) is 10.4. The van der Waals surface area contributed by atoms with Gasteiger partial charge in [-0.05, 0) is 23.6 Å². The van der Waals surface area contributed by atoms with Gasteiger partial charge in [0.2, 0.25) is 0 Å². The number of aromatic nitrogens is 1. The van der Waals surface area contributed by atoms with Crippen molar-refractivity contribution in [2.75, 3.05) is 6.54 Å². The summed E-state index contributed by atoms with van der Waals surface area (Å²) in [4.78, 5) is 27.9. The summed E-state index contributed by atoms with van der Waals surface area (Å²) in [6.07, 6.45) is 4.55. The lowest BCUT2D eigenvalue weighted by Crippen LogP contribution is -2.34. The zero-order chi connectivity index (χ0) is 14.2. The molecule has 0 fully saturated rings. The Morgan fingerprint density at radius 1 is 1.35 bits per heavy atom. The molecule has 0 aliphatic rings. The molecule has 0 bridgehead atoms. The Kier molecular flexibility index (Phi) is 4.96. The number of nitrogens with zero attached hydrogens (tertiary/aromatic N) is 2. The SMILES string of the molecule is O=C(CNC(=O)c1cccnc1)N/N=C\c1cccs1. The third-order valence-electron chi connectivity index (χ3n) is 2.26. The van der Waals surface area contributed by atoms with Crippen LogP contribution in [0.1, 0.15) is 15.2 Å². The Morgan fingerprint density at radius 2 is 2.25 bits per heavy atom. The average Bonchev–Trinajstić information content (AvgIpc) is 2.99. The van der Waals surface area contributed by atoms with E-state index in [1.807, 2.05) is 17.5 Å². The van der Waals surface area contributed by atoms with E-state index >= 15 is 0 Å². The lowest BCUT2D eigenvalue weighted by atomic mass is 10.3. The molecular formula is C13H12N4O2S. The largest absolute Gasteiger partial charge is 0.343 e. The van der Waals surface area contributed by atoms with Crippen molar-refractivity contribution in [1.82, 2.24) is 15.7 Å². The van der Waals surface area contributed by atoms with Crippen molar-refractivity contribution in [3.63, 3.8) is 0 Å². The normalized spacial score (nSPS) is 10.4. The molecule has 0 unspecified atom stereocenters. The van der Waals surface area contributed by atoms with E-state index in [0.29, 0.717) is 5.56 Å². The number of pyridine rings is 1. The van der Waals surface area contributed by atoms with Crippen molar-refractivity contribution in [3.8, 4) is 0 Å². The predicted octanol–water partition coefficient (Wildman–Crippen LogP) is 1.02. The van der Waals surface area contributed by atoms with Gasteiger partial charge >= 0.3 is 0 Å². The van der Waals surface area contributed by atoms with E-state index < -0.39 is 5.91 Å². The number of carbonyl (C=O) groups excluding carboxylic acids is 2. The van der Waals surface area contributed by atoms with E-state index in [1.54, 1.807) is 24.5 Å². The van der Waals surface area contributed by atoms with Crippen molar-refractivity contribution in [1.29, 1.82) is 0 Å². The first-order chi connectivity index (χ1) is 9.75. The molecule has 6 nitrogen and oxygen atoms in total. The van der Waals surface area contributed by atoms with Gasteiger partial charge in [0.1, 0.15) is 0 Å². The molecule has 20 heavy (non-hydrogen) atoms. The van der Waals surface area contributed by atoms with Crippen LogP contribution in [0.3, 0.4) is 0 Å². The van der Waals surface area contributed by atoms with Crippen molar-refractivity contribution in [2.45, 2.75) is 0 Å². The second-order valence-electron chi connectivity index (χ2n) is 3.73. The number of hydrogen-bond acceptors (Lipinski definition) is 5. The van der Waals surface area contributed by atoms with Crippen molar-refractivity contribution >= 4 is 29.4 Å². The number of hydrogen-bond donors (Lipinski definition) is 2. The molecule has 2 rings (SSSR count). The monoisotopic (exact) mass is 288 g/mol. The molecule has 2 aromatic rings. The number of hydrazone groups is 1. The molecule has 0 atom stereocenters. The minimum absolute atomic E-state index is 0.143. The number of nitrogens with one attached hydrogen (secondary N) is 2. The van der Waals surface area contributed by atoms with Crippen LogP contribution in [0.15, 0.2) is 47.1 Å². The summed E-state index contributed by atoms with van der Waals surface area (Å²) < 4.78 is 0. The number of carbonyl (C=O) groups is 2. The molecular weight excluding hydrogens is 276 g/mol. The van der Waals surface area contributed by atoms with E-state index in [0.717, 1.165) is 4.88 Å². The lowest BCUT2D eigenvalue weighted by Gasteiger charge is -2.03. The molecule has 102 valence electrons. The van der Waals surface area contributed by atoms with Crippen molar-refractivity contribution in [2.24, 2.45) is 5.10 Å². The summed E-state index contributed by atoms with van der Waals surface area (Å²) in [5.74, 6) is -0.745. The molecule has 0 aliphatic heterocycles. The summed E-state index contributed by atoms with van der Waals surface area (Å²) in [7, 11) is 0. The molecule has 7 heteroatoms. The first-order valence-electron chi connectivity index (χ1n) is 5.79. The summed E-state index contributed by atoms with van der Waals surface area (Å²) in [5.41, 5.74) is 2.74. The third-order valence-corrected chi connectivity index (χ3v) is 3.06. The average molecular weight is 288 g/mol. The molecule has 2 amide bonds. The summed E-state index contributed by atoms with van der Waals surface area (Å²) in [5, 5.41) is 8.18. The highest BCUT2D eigenvalue weighted by Gasteiger charge is 2.06. The highest BCUT2D eigenvalue weighted by molar-refractivity contribution is 7.11. The standard InChI is InChI=1S/C13H12N4O2S/c18-12(17-16-8-11-4-2-6-20-11)9-15-13(19)10-3-1-5-14-7-10/h1-8H,9H2,(H,15,19)(H,17,18)/b16-8-. The highest BCUT2D eigenvalue weighted by atomic mass is 32.1. The van der Waals surface area contributed by atoms with Crippen LogP contribution in [-0.4, -0.2) is 29.6 Å². The van der Waals surface area contributed by atoms with Crippen LogP contribution in [0.5, 0.6) is 0 Å². The predicted molar refractivity (Wildman–Crippen MR) is 76.6 cm³/mol. The van der Waals surface area contributed by atoms with Gasteiger partial charge in [-0.1, -0.05) is 6.07 Å². The topological polar surface area (TPSA) is 83.5 Å². The van der Waals surface area contributed by atoms with Crippen molar-refractivity contribution < 1.29 is 9.59 Å². The molecule has 0 aromatic carbocycles. The Hall–Kier alpha value is -2.54. The smallest absolute Gasteiger partial charge is 0.259 e. The zero-order valence-corrected chi connectivity index (χ0v) is 11.3. The third kappa shape index (κ3) is 4.29. The minimum Gasteiger partial charge on any atom is -0.343 e. The summed E-state index contributed by atoms with van der Waals surface area (Å²) >= 11 is 1.51. The van der Waals surface area contributed by atoms with E-state index in [2.05, 4.69) is 20.8 Å². The van der Waals surface area contributed by atoms with Gasteiger partial charge in [0.15, 0.2) is 0 Å². The number of rotatable bonds is 5. The van der Waals surface area contributed by atoms with E-state index in [1.165, 1.54) is 17.5 Å². The fourth-order valence-electron chi connectivity index (χ4n) is 1.33. The maximum Gasteiger partial charge on any atom is 0.259 e. The van der Waals surface area contributed by atoms with Crippen LogP contribution in [0.2, 0.25) is 0 Å². The first kappa shape index (κ1) is 13.9. The second kappa shape index (κ2) is 7.15. The van der Waals surface area contributed by atoms with Crippen LogP contribution in [-0.2, 0) is 4.79 Å². The summed E-state index contributed by atoms with van der Waals surface area (Å²) in [6.45, 7) is -0.143. The molecule has 0 radical (unpaired) electrons. The second-order valence-corrected chi connectivity index (χ2v) is 4.71. The van der Waals surface area contributed by atoms with Gasteiger partial charge in [0.25, 0.3) is 11.8 Å². The van der Waals surface area contributed by atoms with Crippen LogP contribution in [0.25, 0.3) is 0 Å². The highest BCUT2D eigenvalue weighted by Crippen LogP contribution is 2.03. The minimum atomic E-state index is -0.393. The first-order valence-corrected chi connectivity index (χ1v) is 6.67. The van der Waals surface area contributed by atoms with Crippen molar-refractivity contribution in [3.05, 3.63) is 52.5 Å². The molecule has 0 saturated carbocycles. The molecule has 2 N–H and O–H groups in total. The molecule has 0 aliphatic carbocycles. The molecule has 0 spiro atoms. The quantitative estimate of drug-likeness (QED) is 0.636. The van der Waals surface area contributed by atoms with Crippen LogP contribution < -0.4 is 10.7 Å². The Bertz CT molecular complexity index is 596. The molecule has 2 heterocycles. The summed E-state index contributed by atoms with van der Waals surface area (Å²) in [6, 6.07) is 7.04. The van der Waals surface area contributed by atoms with E-state index in [4.69, 9.17) is 0 Å². The van der Waals surface area contributed by atoms with E-state index in [-0.39, 0.29) is 12.5 Å². The Balaban J connectivity index is 1.74. The Labute approximate surface area is 119 Å². The van der Waals surface area contributed by atoms with Gasteiger partial charge < -0.3 is 5.32 Å². The van der Waals surface area contributed by atoms with Crippen LogP contribution >= 0.6 is 11.3 Å². The molecule has 0 saturated heterocycles. The maximum absolute atomic E-state index is 11.6. The molecule has 2 aromatic heterocycles. The van der Waals surface area contributed by atoms with Gasteiger partial charge in [0, 0.05) is 17.3 Å². The Morgan fingerprint density at radius 3 is 2.95 bits per heavy atom. The lowest BCUT2D eigenvalue weighted by molar-refractivity contribution is -0.120. The van der Waals surface area contributed by atoms with Gasteiger partial charge in [0.05, 0.1) is 18.3 Å².